The van der Waals surface area contributed by atoms with Gasteiger partial charge in [-0.3, -0.25) is 14.5 Å². The molecule has 1 heterocycles. The number of anilines is 1. The van der Waals surface area contributed by atoms with Crippen LogP contribution in [-0.2, 0) is 14.3 Å². The Labute approximate surface area is 158 Å². The van der Waals surface area contributed by atoms with E-state index in [1.807, 2.05) is 24.3 Å². The molecule has 2 aromatic rings. The average Bonchev–Trinajstić information content (AvgIpc) is 2.93. The molecule has 6 heteroatoms. The van der Waals surface area contributed by atoms with E-state index in [-0.39, 0.29) is 5.91 Å². The zero-order chi connectivity index (χ0) is 19.6. The van der Waals surface area contributed by atoms with Crippen LogP contribution in [0, 0.1) is 0 Å². The second-order valence-electron chi connectivity index (χ2n) is 6.07. The first-order chi connectivity index (χ1) is 13.0. The van der Waals surface area contributed by atoms with E-state index in [0.29, 0.717) is 22.8 Å². The third-order valence-electron chi connectivity index (χ3n) is 4.34. The van der Waals surface area contributed by atoms with Gasteiger partial charge in [0.1, 0.15) is 11.5 Å². The molecule has 0 saturated heterocycles. The topological polar surface area (TPSA) is 65.1 Å². The van der Waals surface area contributed by atoms with Crippen molar-refractivity contribution >= 4 is 29.2 Å². The molecule has 6 nitrogen and oxygen atoms in total. The number of ether oxygens (including phenoxy) is 3. The van der Waals surface area contributed by atoms with Gasteiger partial charge in [-0.2, -0.15) is 0 Å². The first-order valence-corrected chi connectivity index (χ1v) is 8.50. The molecular weight excluding hydrogens is 346 g/mol. The molecule has 140 valence electrons. The Bertz CT molecular complexity index is 919. The summed E-state index contributed by atoms with van der Waals surface area (Å²) in [4.78, 5) is 26.0. The van der Waals surface area contributed by atoms with E-state index in [2.05, 4.69) is 0 Å². The summed E-state index contributed by atoms with van der Waals surface area (Å²) in [7, 11) is 3.15. The first-order valence-electron chi connectivity index (χ1n) is 8.50. The number of carbonyl (C=O) groups excluding carboxylic acids is 2. The Balaban J connectivity index is 2.10. The highest BCUT2D eigenvalue weighted by Crippen LogP contribution is 2.40. The predicted molar refractivity (Wildman–Crippen MR) is 103 cm³/mol. The van der Waals surface area contributed by atoms with Crippen LogP contribution in [0.5, 0.6) is 11.5 Å². The summed E-state index contributed by atoms with van der Waals surface area (Å²) in [6.45, 7) is 2.99. The van der Waals surface area contributed by atoms with Gasteiger partial charge in [0.2, 0.25) is 0 Å². The number of fused-ring (bicyclic) bond motifs is 1. The van der Waals surface area contributed by atoms with E-state index < -0.39 is 12.2 Å². The van der Waals surface area contributed by atoms with Gasteiger partial charge in [0.15, 0.2) is 6.23 Å². The van der Waals surface area contributed by atoms with Crippen molar-refractivity contribution in [2.75, 3.05) is 19.1 Å². The van der Waals surface area contributed by atoms with Gasteiger partial charge in [0.25, 0.3) is 5.91 Å². The number of hydrogen-bond donors (Lipinski definition) is 0. The lowest BCUT2D eigenvalue weighted by atomic mass is 10.0. The lowest BCUT2D eigenvalue weighted by Crippen LogP contribution is -2.38. The highest BCUT2D eigenvalue weighted by Gasteiger charge is 2.36. The van der Waals surface area contributed by atoms with Crippen molar-refractivity contribution in [3.8, 4) is 11.5 Å². The molecule has 1 aliphatic heterocycles. The van der Waals surface area contributed by atoms with Crippen LogP contribution in [0.2, 0.25) is 0 Å². The van der Waals surface area contributed by atoms with Crippen LogP contribution in [0.25, 0.3) is 11.6 Å². The maximum Gasteiger partial charge on any atom is 0.304 e. The second-order valence-corrected chi connectivity index (χ2v) is 6.07. The molecule has 0 N–H and O–H groups in total. The zero-order valence-electron chi connectivity index (χ0n) is 15.7. The van der Waals surface area contributed by atoms with Crippen LogP contribution in [0.1, 0.15) is 25.0 Å². The molecule has 1 aliphatic rings. The Morgan fingerprint density at radius 3 is 2.52 bits per heavy atom. The van der Waals surface area contributed by atoms with Crippen LogP contribution in [0.15, 0.2) is 42.5 Å². The molecule has 3 rings (SSSR count). The molecule has 2 aromatic carbocycles. The van der Waals surface area contributed by atoms with E-state index in [9.17, 15) is 9.59 Å². The van der Waals surface area contributed by atoms with E-state index in [1.54, 1.807) is 45.4 Å². The largest absolute Gasteiger partial charge is 0.497 e. The highest BCUT2D eigenvalue weighted by atomic mass is 16.6. The Morgan fingerprint density at radius 1 is 1.11 bits per heavy atom. The van der Waals surface area contributed by atoms with Gasteiger partial charge >= 0.3 is 5.97 Å². The molecule has 0 radical (unpaired) electrons. The van der Waals surface area contributed by atoms with Gasteiger partial charge in [0, 0.05) is 18.1 Å². The van der Waals surface area contributed by atoms with Crippen molar-refractivity contribution in [3.63, 3.8) is 0 Å². The summed E-state index contributed by atoms with van der Waals surface area (Å²) < 4.78 is 15.9. The second kappa shape index (κ2) is 7.53. The SMILES string of the molecule is COc1ccc(OC)c(C=C2C(=O)N(C(C)OC(C)=O)c3ccccc32)c1. The highest BCUT2D eigenvalue weighted by molar-refractivity contribution is 6.36. The fourth-order valence-electron chi connectivity index (χ4n) is 3.17. The molecule has 0 aliphatic carbocycles. The lowest BCUT2D eigenvalue weighted by molar-refractivity contribution is -0.145. The van der Waals surface area contributed by atoms with Crippen LogP contribution in [-0.4, -0.2) is 32.3 Å². The van der Waals surface area contributed by atoms with E-state index in [1.165, 1.54) is 11.8 Å². The fourth-order valence-corrected chi connectivity index (χ4v) is 3.17. The smallest absolute Gasteiger partial charge is 0.304 e. The summed E-state index contributed by atoms with van der Waals surface area (Å²) in [6, 6.07) is 12.8. The van der Waals surface area contributed by atoms with Gasteiger partial charge in [0.05, 0.1) is 25.5 Å². The number of hydrogen-bond acceptors (Lipinski definition) is 5. The minimum Gasteiger partial charge on any atom is -0.497 e. The third-order valence-corrected chi connectivity index (χ3v) is 4.34. The van der Waals surface area contributed by atoms with Crippen molar-refractivity contribution < 1.29 is 23.8 Å². The number of methoxy groups -OCH3 is 2. The molecule has 0 fully saturated rings. The van der Waals surface area contributed by atoms with E-state index in [0.717, 1.165) is 11.1 Å². The summed E-state index contributed by atoms with van der Waals surface area (Å²) >= 11 is 0. The first kappa shape index (κ1) is 18.5. The minimum atomic E-state index is -0.714. The van der Waals surface area contributed by atoms with Crippen molar-refractivity contribution in [2.24, 2.45) is 0 Å². The molecule has 27 heavy (non-hydrogen) atoms. The molecule has 1 amide bonds. The number of rotatable bonds is 5. The van der Waals surface area contributed by atoms with Gasteiger partial charge in [-0.25, -0.2) is 0 Å². The molecule has 0 aromatic heterocycles. The molecule has 0 saturated carbocycles. The predicted octanol–water partition coefficient (Wildman–Crippen LogP) is 3.50. The van der Waals surface area contributed by atoms with Gasteiger partial charge < -0.3 is 14.2 Å². The summed E-state index contributed by atoms with van der Waals surface area (Å²) in [5.74, 6) is 0.598. The number of carbonyl (C=O) groups is 2. The van der Waals surface area contributed by atoms with Crippen LogP contribution in [0.4, 0.5) is 5.69 Å². The van der Waals surface area contributed by atoms with Crippen LogP contribution < -0.4 is 14.4 Å². The summed E-state index contributed by atoms with van der Waals surface area (Å²) in [5.41, 5.74) is 2.68. The van der Waals surface area contributed by atoms with Crippen molar-refractivity contribution in [3.05, 3.63) is 53.6 Å². The van der Waals surface area contributed by atoms with Crippen molar-refractivity contribution in [2.45, 2.75) is 20.1 Å². The fraction of sp³-hybridized carbons (Fsp3) is 0.238. The lowest BCUT2D eigenvalue weighted by Gasteiger charge is -2.24. The van der Waals surface area contributed by atoms with E-state index in [4.69, 9.17) is 14.2 Å². The Kier molecular flexibility index (Phi) is 5.16. The number of esters is 1. The maximum absolute atomic E-state index is 13.1. The number of amides is 1. The zero-order valence-corrected chi connectivity index (χ0v) is 15.7. The minimum absolute atomic E-state index is 0.241. The number of benzene rings is 2. The quantitative estimate of drug-likeness (QED) is 0.598. The Morgan fingerprint density at radius 2 is 1.85 bits per heavy atom. The Hall–Kier alpha value is -3.28. The van der Waals surface area contributed by atoms with Crippen LogP contribution >= 0.6 is 0 Å². The van der Waals surface area contributed by atoms with E-state index >= 15 is 0 Å². The molecule has 1 atom stereocenters. The van der Waals surface area contributed by atoms with Crippen LogP contribution in [0.3, 0.4) is 0 Å². The van der Waals surface area contributed by atoms with Gasteiger partial charge in [-0.05, 0) is 37.3 Å². The third kappa shape index (κ3) is 3.51. The monoisotopic (exact) mass is 367 g/mol. The van der Waals surface area contributed by atoms with Gasteiger partial charge in [-0.1, -0.05) is 18.2 Å². The number of nitrogens with zero attached hydrogens (tertiary/aromatic N) is 1. The standard InChI is InChI=1S/C21H21NO5/c1-13(27-14(2)23)22-19-8-6-5-7-17(19)18(21(22)24)12-15-11-16(25-3)9-10-20(15)26-4/h5-13H,1-4H3. The molecule has 1 unspecified atom stereocenters. The average molecular weight is 367 g/mol. The summed E-state index contributed by atoms with van der Waals surface area (Å²) in [5, 5.41) is 0. The number of para-hydroxylation sites is 1. The van der Waals surface area contributed by atoms with Crippen molar-refractivity contribution in [1.82, 2.24) is 0 Å². The molecular formula is C21H21NO5. The maximum atomic E-state index is 13.1. The van der Waals surface area contributed by atoms with Gasteiger partial charge in [-0.15, -0.1) is 0 Å². The normalized spacial score (nSPS) is 15.5. The molecule has 0 bridgehead atoms. The van der Waals surface area contributed by atoms with Crippen molar-refractivity contribution in [1.29, 1.82) is 0 Å². The molecule has 0 spiro atoms. The summed E-state index contributed by atoms with van der Waals surface area (Å²) in [6.07, 6.45) is 1.05.